The van der Waals surface area contributed by atoms with E-state index in [-0.39, 0.29) is 37.2 Å². The van der Waals surface area contributed by atoms with Crippen LogP contribution in [0.5, 0.6) is 0 Å². The Balaban J connectivity index is 1.24. The maximum atomic E-state index is 12.5. The van der Waals surface area contributed by atoms with E-state index >= 15 is 0 Å². The first-order valence-corrected chi connectivity index (χ1v) is 16.3. The van der Waals surface area contributed by atoms with Crippen LogP contribution in [0, 0.1) is 0 Å². The van der Waals surface area contributed by atoms with Crippen molar-refractivity contribution < 1.29 is 29.4 Å². The molecule has 4 N–H and O–H groups in total. The number of benzene rings is 4. The molecular weight excluding hydrogens is 594 g/mol. The Bertz CT molecular complexity index is 1610. The van der Waals surface area contributed by atoms with E-state index in [1.807, 2.05) is 48.5 Å². The standard InChI is InChI=1S/C38H45N3O6/c1-26(31-17-16-28-8-6-7-9-32(28)22-31)41(2)24-34-23-35(29-14-12-27(25-42)13-15-29)47-38(46-34)30-18-20-33(21-19-30)39-36(43)10-4-3-5-11-37(44)40-45/h6-9,12-22,26,34-35,38,42,45H,3-5,10-11,23-25H2,1-2H3,(H,39,43)(H,40,44)/t26-,34+,35-,38-/m1/s1. The number of rotatable bonds is 14. The minimum atomic E-state index is -0.596. The molecular formula is C38H45N3O6. The van der Waals surface area contributed by atoms with Crippen LogP contribution in [0.25, 0.3) is 10.8 Å². The molecule has 2 amide bonds. The average Bonchev–Trinajstić information content (AvgIpc) is 3.11. The summed E-state index contributed by atoms with van der Waals surface area (Å²) in [5.74, 6) is -0.509. The van der Waals surface area contributed by atoms with Crippen LogP contribution >= 0.6 is 0 Å². The van der Waals surface area contributed by atoms with E-state index in [0.29, 0.717) is 37.9 Å². The summed E-state index contributed by atoms with van der Waals surface area (Å²) in [6.45, 7) is 2.91. The molecule has 1 saturated heterocycles. The Hall–Kier alpha value is -4.12. The Morgan fingerprint density at radius 1 is 0.851 bits per heavy atom. The normalized spacial score (nSPS) is 18.6. The number of aliphatic hydroxyl groups excluding tert-OH is 1. The van der Waals surface area contributed by atoms with Gasteiger partial charge in [0.25, 0.3) is 0 Å². The molecule has 0 unspecified atom stereocenters. The molecule has 1 aliphatic heterocycles. The second-order valence-corrected chi connectivity index (χ2v) is 12.3. The van der Waals surface area contributed by atoms with Crippen molar-refractivity contribution in [3.05, 3.63) is 113 Å². The number of hydroxylamine groups is 1. The van der Waals surface area contributed by atoms with E-state index in [1.54, 1.807) is 5.48 Å². The maximum Gasteiger partial charge on any atom is 0.243 e. The highest BCUT2D eigenvalue weighted by atomic mass is 16.7. The van der Waals surface area contributed by atoms with Gasteiger partial charge < -0.3 is 19.9 Å². The number of anilines is 1. The fourth-order valence-corrected chi connectivity index (χ4v) is 5.99. The molecule has 4 aromatic rings. The van der Waals surface area contributed by atoms with Gasteiger partial charge in [-0.25, -0.2) is 5.48 Å². The van der Waals surface area contributed by atoms with E-state index in [4.69, 9.17) is 14.7 Å². The summed E-state index contributed by atoms with van der Waals surface area (Å²) in [5, 5.41) is 23.5. The van der Waals surface area contributed by atoms with Gasteiger partial charge in [0, 0.05) is 43.1 Å². The summed E-state index contributed by atoms with van der Waals surface area (Å²) in [7, 11) is 2.13. The van der Waals surface area contributed by atoms with Crippen LogP contribution in [0.15, 0.2) is 91.0 Å². The maximum absolute atomic E-state index is 12.5. The molecule has 0 radical (unpaired) electrons. The van der Waals surface area contributed by atoms with E-state index < -0.39 is 12.2 Å². The molecule has 4 atom stereocenters. The van der Waals surface area contributed by atoms with E-state index in [2.05, 4.69) is 66.7 Å². The number of nitrogens with zero attached hydrogens (tertiary/aromatic N) is 1. The number of carbonyl (C=O) groups is 2. The molecule has 5 rings (SSSR count). The number of nitrogens with one attached hydrogen (secondary N) is 2. The van der Waals surface area contributed by atoms with Crippen LogP contribution in [-0.4, -0.2) is 46.7 Å². The summed E-state index contributed by atoms with van der Waals surface area (Å²) in [6.07, 6.45) is 2.36. The molecule has 0 saturated carbocycles. The van der Waals surface area contributed by atoms with Gasteiger partial charge in [-0.05, 0) is 72.5 Å². The predicted molar refractivity (Wildman–Crippen MR) is 182 cm³/mol. The Morgan fingerprint density at radius 3 is 2.23 bits per heavy atom. The SMILES string of the molecule is C[C@H](c1ccc2ccccc2c1)N(C)C[C@@H]1C[C@H](c2ccc(CO)cc2)O[C@H](c2ccc(NC(=O)CCCCCC(=O)NO)cc2)O1. The second kappa shape index (κ2) is 16.6. The highest BCUT2D eigenvalue weighted by molar-refractivity contribution is 5.90. The minimum Gasteiger partial charge on any atom is -0.392 e. The Labute approximate surface area is 276 Å². The number of hydrogen-bond donors (Lipinski definition) is 4. The summed E-state index contributed by atoms with van der Waals surface area (Å²) < 4.78 is 13.1. The lowest BCUT2D eigenvalue weighted by atomic mass is 9.98. The van der Waals surface area contributed by atoms with Gasteiger partial charge in [0.2, 0.25) is 11.8 Å². The molecule has 4 aromatic carbocycles. The highest BCUT2D eigenvalue weighted by Crippen LogP contribution is 2.39. The fourth-order valence-electron chi connectivity index (χ4n) is 5.99. The topological polar surface area (TPSA) is 120 Å². The zero-order valence-electron chi connectivity index (χ0n) is 27.1. The zero-order chi connectivity index (χ0) is 33.2. The number of carbonyl (C=O) groups excluding carboxylic acids is 2. The monoisotopic (exact) mass is 639 g/mol. The third-order valence-electron chi connectivity index (χ3n) is 8.92. The molecule has 0 bridgehead atoms. The van der Waals surface area contributed by atoms with Gasteiger partial charge >= 0.3 is 0 Å². The van der Waals surface area contributed by atoms with Crippen molar-refractivity contribution in [3.63, 3.8) is 0 Å². The molecule has 0 aromatic heterocycles. The van der Waals surface area contributed by atoms with Gasteiger partial charge in [-0.1, -0.05) is 79.2 Å². The molecule has 1 aliphatic rings. The number of aliphatic hydroxyl groups is 1. The molecule has 0 aliphatic carbocycles. The minimum absolute atomic E-state index is 0.0101. The van der Waals surface area contributed by atoms with Gasteiger partial charge in [0.1, 0.15) is 0 Å². The first-order chi connectivity index (χ1) is 22.8. The largest absolute Gasteiger partial charge is 0.392 e. The quantitative estimate of drug-likeness (QED) is 0.0669. The molecule has 1 fully saturated rings. The molecule has 9 nitrogen and oxygen atoms in total. The number of amides is 2. The van der Waals surface area contributed by atoms with Crippen molar-refractivity contribution in [2.75, 3.05) is 18.9 Å². The van der Waals surface area contributed by atoms with Crippen molar-refractivity contribution in [1.82, 2.24) is 10.4 Å². The first-order valence-electron chi connectivity index (χ1n) is 16.3. The fraction of sp³-hybridized carbons (Fsp3) is 0.368. The van der Waals surface area contributed by atoms with E-state index in [0.717, 1.165) is 23.1 Å². The van der Waals surface area contributed by atoms with Crippen molar-refractivity contribution in [3.8, 4) is 0 Å². The summed E-state index contributed by atoms with van der Waals surface area (Å²) >= 11 is 0. The van der Waals surface area contributed by atoms with Crippen LogP contribution in [0.1, 0.15) is 86.1 Å². The van der Waals surface area contributed by atoms with Crippen molar-refractivity contribution in [2.24, 2.45) is 0 Å². The van der Waals surface area contributed by atoms with Crippen LogP contribution in [-0.2, 0) is 25.7 Å². The molecule has 0 spiro atoms. The van der Waals surface area contributed by atoms with Crippen molar-refractivity contribution in [1.29, 1.82) is 0 Å². The lowest BCUT2D eigenvalue weighted by molar-refractivity contribution is -0.253. The number of fused-ring (bicyclic) bond motifs is 1. The smallest absolute Gasteiger partial charge is 0.243 e. The van der Waals surface area contributed by atoms with Gasteiger partial charge in [0.05, 0.1) is 18.8 Å². The van der Waals surface area contributed by atoms with Crippen molar-refractivity contribution >= 4 is 28.3 Å². The van der Waals surface area contributed by atoms with E-state index in [9.17, 15) is 14.7 Å². The molecule has 9 heteroatoms. The van der Waals surface area contributed by atoms with Gasteiger partial charge in [-0.2, -0.15) is 0 Å². The van der Waals surface area contributed by atoms with Crippen LogP contribution in [0.3, 0.4) is 0 Å². The van der Waals surface area contributed by atoms with Gasteiger partial charge in [-0.15, -0.1) is 0 Å². The van der Waals surface area contributed by atoms with Crippen LogP contribution in [0.2, 0.25) is 0 Å². The van der Waals surface area contributed by atoms with Crippen LogP contribution < -0.4 is 10.8 Å². The Morgan fingerprint density at radius 2 is 1.53 bits per heavy atom. The summed E-state index contributed by atoms with van der Waals surface area (Å²) in [6, 6.07) is 30.6. The van der Waals surface area contributed by atoms with E-state index in [1.165, 1.54) is 16.3 Å². The summed E-state index contributed by atoms with van der Waals surface area (Å²) in [4.78, 5) is 25.9. The van der Waals surface area contributed by atoms with Gasteiger partial charge in [-0.3, -0.25) is 19.7 Å². The van der Waals surface area contributed by atoms with Crippen molar-refractivity contribution in [2.45, 2.75) is 76.6 Å². The number of likely N-dealkylation sites (N-methyl/N-ethyl adjacent to an activating group) is 1. The second-order valence-electron chi connectivity index (χ2n) is 12.3. The third kappa shape index (κ3) is 9.47. The number of unbranched alkanes of at least 4 members (excludes halogenated alkanes) is 2. The zero-order valence-corrected chi connectivity index (χ0v) is 27.1. The molecule has 248 valence electrons. The average molecular weight is 640 g/mol. The Kier molecular flexibility index (Phi) is 12.1. The van der Waals surface area contributed by atoms with Crippen LogP contribution in [0.4, 0.5) is 5.69 Å². The molecule has 47 heavy (non-hydrogen) atoms. The summed E-state index contributed by atoms with van der Waals surface area (Å²) in [5.41, 5.74) is 6.30. The first kappa shape index (κ1) is 34.2. The third-order valence-corrected chi connectivity index (χ3v) is 8.92. The number of ether oxygens (including phenoxy) is 2. The molecule has 1 heterocycles. The number of hydrogen-bond acceptors (Lipinski definition) is 7. The lowest BCUT2D eigenvalue weighted by Gasteiger charge is -2.39. The predicted octanol–water partition coefficient (Wildman–Crippen LogP) is 6.96. The van der Waals surface area contributed by atoms with Gasteiger partial charge in [0.15, 0.2) is 6.29 Å². The highest BCUT2D eigenvalue weighted by Gasteiger charge is 2.33. The lowest BCUT2D eigenvalue weighted by Crippen LogP contribution is -2.38.